The summed E-state index contributed by atoms with van der Waals surface area (Å²) < 4.78 is 15.1. The van der Waals surface area contributed by atoms with E-state index in [1.807, 2.05) is 5.48 Å². The third kappa shape index (κ3) is 2.97. The molecule has 1 heterocycles. The number of aromatic nitrogens is 2. The van der Waals surface area contributed by atoms with Gasteiger partial charge in [-0.3, -0.25) is 14.4 Å². The van der Waals surface area contributed by atoms with E-state index >= 15 is 0 Å². The van der Waals surface area contributed by atoms with Crippen molar-refractivity contribution in [1.82, 2.24) is 15.3 Å². The number of benzene rings is 1. The van der Waals surface area contributed by atoms with Gasteiger partial charge in [-0.05, 0) is 31.5 Å². The van der Waals surface area contributed by atoms with Gasteiger partial charge in [-0.25, -0.2) is 14.6 Å². The van der Waals surface area contributed by atoms with Gasteiger partial charge in [-0.15, -0.1) is 0 Å². The van der Waals surface area contributed by atoms with Crippen LogP contribution in [0.1, 0.15) is 21.6 Å². The summed E-state index contributed by atoms with van der Waals surface area (Å²) in [6.45, 7) is 3.28. The van der Waals surface area contributed by atoms with Crippen LogP contribution in [0.4, 0.5) is 4.39 Å². The molecular weight excluding hydrogens is 277 g/mol. The van der Waals surface area contributed by atoms with Crippen molar-refractivity contribution in [2.75, 3.05) is 7.11 Å². The molecule has 0 spiro atoms. The SMILES string of the molecule is CONC(=O)c1nn(-c2ccc(C)cc2F)cc(C)c1=O. The topological polar surface area (TPSA) is 73.2 Å². The first-order chi connectivity index (χ1) is 9.93. The lowest BCUT2D eigenvalue weighted by molar-refractivity contribution is 0.0529. The number of rotatable bonds is 3. The van der Waals surface area contributed by atoms with E-state index in [1.165, 1.54) is 32.4 Å². The molecule has 1 aromatic carbocycles. The van der Waals surface area contributed by atoms with Gasteiger partial charge in [0.2, 0.25) is 5.43 Å². The van der Waals surface area contributed by atoms with E-state index in [0.29, 0.717) is 0 Å². The van der Waals surface area contributed by atoms with E-state index < -0.39 is 17.2 Å². The summed E-state index contributed by atoms with van der Waals surface area (Å²) in [5, 5.41) is 3.88. The second-order valence-electron chi connectivity index (χ2n) is 4.52. The fourth-order valence-electron chi connectivity index (χ4n) is 1.82. The lowest BCUT2D eigenvalue weighted by Gasteiger charge is -2.10. The highest BCUT2D eigenvalue weighted by Crippen LogP contribution is 2.14. The van der Waals surface area contributed by atoms with Crippen LogP contribution < -0.4 is 10.9 Å². The quantitative estimate of drug-likeness (QED) is 0.865. The number of nitrogens with one attached hydrogen (secondary N) is 1. The summed E-state index contributed by atoms with van der Waals surface area (Å²) in [7, 11) is 1.24. The number of carbonyl (C=O) groups excluding carboxylic acids is 1. The Hall–Kier alpha value is -2.54. The van der Waals surface area contributed by atoms with Gasteiger partial charge < -0.3 is 0 Å². The van der Waals surface area contributed by atoms with Gasteiger partial charge in [-0.1, -0.05) is 6.07 Å². The van der Waals surface area contributed by atoms with Gasteiger partial charge in [0.15, 0.2) is 5.69 Å². The van der Waals surface area contributed by atoms with Crippen LogP contribution in [-0.4, -0.2) is 22.8 Å². The van der Waals surface area contributed by atoms with Gasteiger partial charge in [-0.2, -0.15) is 5.10 Å². The number of carbonyl (C=O) groups is 1. The maximum atomic E-state index is 14.0. The largest absolute Gasteiger partial charge is 0.299 e. The Morgan fingerprint density at radius 1 is 1.38 bits per heavy atom. The highest BCUT2D eigenvalue weighted by atomic mass is 19.1. The second kappa shape index (κ2) is 5.84. The summed E-state index contributed by atoms with van der Waals surface area (Å²) in [6.07, 6.45) is 1.37. The maximum absolute atomic E-state index is 14.0. The number of hydrogen-bond donors (Lipinski definition) is 1. The van der Waals surface area contributed by atoms with Crippen LogP contribution in [0.25, 0.3) is 5.69 Å². The Balaban J connectivity index is 2.60. The molecule has 6 nitrogen and oxygen atoms in total. The minimum absolute atomic E-state index is 0.148. The predicted molar refractivity (Wildman–Crippen MR) is 73.7 cm³/mol. The Kier molecular flexibility index (Phi) is 4.13. The van der Waals surface area contributed by atoms with Crippen LogP contribution >= 0.6 is 0 Å². The van der Waals surface area contributed by atoms with Crippen LogP contribution in [0.2, 0.25) is 0 Å². The number of amides is 1. The lowest BCUT2D eigenvalue weighted by atomic mass is 10.2. The van der Waals surface area contributed by atoms with Crippen LogP contribution in [0.15, 0.2) is 29.2 Å². The molecule has 0 aliphatic carbocycles. The highest BCUT2D eigenvalue weighted by Gasteiger charge is 2.16. The fraction of sp³-hybridized carbons (Fsp3) is 0.214. The van der Waals surface area contributed by atoms with E-state index in [1.54, 1.807) is 13.0 Å². The molecule has 110 valence electrons. The van der Waals surface area contributed by atoms with E-state index in [2.05, 4.69) is 9.94 Å². The van der Waals surface area contributed by atoms with E-state index in [0.717, 1.165) is 10.2 Å². The van der Waals surface area contributed by atoms with Gasteiger partial charge >= 0.3 is 0 Å². The standard InChI is InChI=1S/C14H14FN3O3/c1-8-4-5-11(10(15)6-8)18-7-9(2)13(19)12(16-18)14(20)17-21-3/h4-7H,1-3H3,(H,17,20). The summed E-state index contributed by atoms with van der Waals surface area (Å²) in [6, 6.07) is 4.58. The molecule has 7 heteroatoms. The predicted octanol–water partition coefficient (Wildman–Crippen LogP) is 1.28. The smallest absolute Gasteiger partial charge is 0.287 e. The summed E-state index contributed by atoms with van der Waals surface area (Å²) in [5.41, 5.74) is 2.30. The van der Waals surface area contributed by atoms with Gasteiger partial charge in [0.05, 0.1) is 7.11 Å². The van der Waals surface area contributed by atoms with Gasteiger partial charge in [0, 0.05) is 11.8 Å². The Morgan fingerprint density at radius 3 is 2.71 bits per heavy atom. The second-order valence-corrected chi connectivity index (χ2v) is 4.52. The molecule has 0 bridgehead atoms. The minimum atomic E-state index is -0.785. The molecule has 2 rings (SSSR count). The van der Waals surface area contributed by atoms with E-state index in [4.69, 9.17) is 0 Å². The molecule has 21 heavy (non-hydrogen) atoms. The van der Waals surface area contributed by atoms with Crippen LogP contribution in [0.5, 0.6) is 0 Å². The average molecular weight is 291 g/mol. The van der Waals surface area contributed by atoms with Crippen molar-refractivity contribution in [3.05, 3.63) is 57.3 Å². The first-order valence-corrected chi connectivity index (χ1v) is 6.14. The summed E-state index contributed by atoms with van der Waals surface area (Å²) in [4.78, 5) is 28.1. The molecule has 0 atom stereocenters. The first-order valence-electron chi connectivity index (χ1n) is 6.14. The molecule has 0 unspecified atom stereocenters. The Labute approximate surface area is 120 Å². The number of aryl methyl sites for hydroxylation is 2. The third-order valence-corrected chi connectivity index (χ3v) is 2.86. The zero-order valence-corrected chi connectivity index (χ0v) is 11.8. The molecule has 2 aromatic rings. The maximum Gasteiger partial charge on any atom is 0.299 e. The van der Waals surface area contributed by atoms with Crippen molar-refractivity contribution in [3.63, 3.8) is 0 Å². The number of hydrogen-bond acceptors (Lipinski definition) is 4. The molecule has 0 aliphatic heterocycles. The van der Waals surface area contributed by atoms with Crippen molar-refractivity contribution < 1.29 is 14.0 Å². The van der Waals surface area contributed by atoms with Crippen molar-refractivity contribution >= 4 is 5.91 Å². The number of nitrogens with zero attached hydrogens (tertiary/aromatic N) is 2. The molecule has 0 aliphatic rings. The summed E-state index contributed by atoms with van der Waals surface area (Å²) >= 11 is 0. The lowest BCUT2D eigenvalue weighted by Crippen LogP contribution is -2.32. The number of halogens is 1. The highest BCUT2D eigenvalue weighted by molar-refractivity contribution is 5.91. The van der Waals surface area contributed by atoms with Crippen LogP contribution in [0, 0.1) is 19.7 Å². The molecule has 1 N–H and O–H groups in total. The average Bonchev–Trinajstić information content (AvgIpc) is 2.42. The molecular formula is C14H14FN3O3. The molecule has 0 radical (unpaired) electrons. The molecule has 0 saturated carbocycles. The van der Waals surface area contributed by atoms with Crippen molar-refractivity contribution in [2.24, 2.45) is 0 Å². The zero-order valence-electron chi connectivity index (χ0n) is 11.8. The minimum Gasteiger partial charge on any atom is -0.287 e. The van der Waals surface area contributed by atoms with E-state index in [9.17, 15) is 14.0 Å². The van der Waals surface area contributed by atoms with Crippen LogP contribution in [0.3, 0.4) is 0 Å². The van der Waals surface area contributed by atoms with Crippen molar-refractivity contribution in [2.45, 2.75) is 13.8 Å². The number of hydroxylamine groups is 1. The first kappa shape index (κ1) is 14.9. The van der Waals surface area contributed by atoms with Gasteiger partial charge in [0.25, 0.3) is 5.91 Å². The Morgan fingerprint density at radius 2 is 2.10 bits per heavy atom. The fourth-order valence-corrected chi connectivity index (χ4v) is 1.82. The Bertz CT molecular complexity index is 756. The van der Waals surface area contributed by atoms with Crippen molar-refractivity contribution in [3.8, 4) is 5.69 Å². The summed E-state index contributed by atoms with van der Waals surface area (Å²) in [5.74, 6) is -1.28. The third-order valence-electron chi connectivity index (χ3n) is 2.86. The van der Waals surface area contributed by atoms with Gasteiger partial charge in [0.1, 0.15) is 11.5 Å². The molecule has 0 fully saturated rings. The normalized spacial score (nSPS) is 10.5. The van der Waals surface area contributed by atoms with Crippen LogP contribution in [-0.2, 0) is 4.84 Å². The monoisotopic (exact) mass is 291 g/mol. The van der Waals surface area contributed by atoms with Crippen molar-refractivity contribution in [1.29, 1.82) is 0 Å². The zero-order chi connectivity index (χ0) is 15.6. The molecule has 1 aromatic heterocycles. The molecule has 0 saturated heterocycles. The molecule has 1 amide bonds. The van der Waals surface area contributed by atoms with E-state index in [-0.39, 0.29) is 16.9 Å².